The van der Waals surface area contributed by atoms with Gasteiger partial charge in [0.2, 0.25) is 0 Å². The van der Waals surface area contributed by atoms with Crippen LogP contribution < -0.4 is 4.74 Å². The van der Waals surface area contributed by atoms with Crippen molar-refractivity contribution in [3.63, 3.8) is 0 Å². The molecular weight excluding hydrogens is 580 g/mol. The molecule has 1 saturated heterocycles. The number of alkyl halides is 2. The predicted octanol–water partition coefficient (Wildman–Crippen LogP) is 11.0. The standard InChI is InChI=1S/C33H32F8O2/c1-2-3-4-5-6-7-26(34)31(38)21-10-8-20(9-11-21)23-13-15-30(42-19-23)22-12-14-25(27(35)16-22)33(40,41)43-24-17-28(36)32(39)29(37)18-24/h8-12,14,16-18,23,30H,2-7,13,15,19H2,1H3/b31-26+. The minimum atomic E-state index is -4.31. The Morgan fingerprint density at radius 2 is 1.47 bits per heavy atom. The van der Waals surface area contributed by atoms with Gasteiger partial charge in [-0.1, -0.05) is 62.9 Å². The first-order valence-electron chi connectivity index (χ1n) is 14.3. The van der Waals surface area contributed by atoms with E-state index in [9.17, 15) is 35.1 Å². The highest BCUT2D eigenvalue weighted by atomic mass is 19.3. The maximum absolute atomic E-state index is 14.8. The molecule has 43 heavy (non-hydrogen) atoms. The zero-order valence-corrected chi connectivity index (χ0v) is 23.6. The van der Waals surface area contributed by atoms with Crippen LogP contribution in [0.5, 0.6) is 5.75 Å². The molecule has 0 aromatic heterocycles. The van der Waals surface area contributed by atoms with Gasteiger partial charge in [-0.3, -0.25) is 0 Å². The molecule has 0 bridgehead atoms. The Balaban J connectivity index is 1.34. The summed E-state index contributed by atoms with van der Waals surface area (Å²) in [4.78, 5) is 0. The molecular formula is C33H32F8O2. The van der Waals surface area contributed by atoms with Gasteiger partial charge >= 0.3 is 6.11 Å². The third-order valence-electron chi connectivity index (χ3n) is 7.53. The molecule has 232 valence electrons. The minimum absolute atomic E-state index is 0.0564. The second kappa shape index (κ2) is 14.4. The maximum Gasteiger partial charge on any atom is 0.429 e. The lowest BCUT2D eigenvalue weighted by molar-refractivity contribution is -0.187. The van der Waals surface area contributed by atoms with E-state index in [1.165, 1.54) is 18.2 Å². The summed E-state index contributed by atoms with van der Waals surface area (Å²) in [5.74, 6) is -9.32. The van der Waals surface area contributed by atoms with Gasteiger partial charge in [-0.2, -0.15) is 8.78 Å². The lowest BCUT2D eigenvalue weighted by Crippen LogP contribution is -2.24. The van der Waals surface area contributed by atoms with Crippen LogP contribution in [-0.4, -0.2) is 6.61 Å². The SMILES string of the molecule is CCCCCCC/C(F)=C(\F)c1ccc(C2CCC(c3ccc(C(F)(F)Oc4cc(F)c(F)c(F)c4)c(F)c3)OC2)cc1. The highest BCUT2D eigenvalue weighted by Crippen LogP contribution is 2.39. The monoisotopic (exact) mass is 612 g/mol. The van der Waals surface area contributed by atoms with Crippen LogP contribution in [0.1, 0.15) is 92.6 Å². The van der Waals surface area contributed by atoms with Gasteiger partial charge in [0, 0.05) is 30.0 Å². The summed E-state index contributed by atoms with van der Waals surface area (Å²) in [7, 11) is 0. The number of allylic oxidation sites excluding steroid dienone is 1. The molecule has 0 aliphatic carbocycles. The Labute approximate surface area is 245 Å². The maximum atomic E-state index is 14.8. The number of unbranched alkanes of at least 4 members (excludes halogenated alkanes) is 4. The largest absolute Gasteiger partial charge is 0.429 e. The number of halogens is 8. The highest BCUT2D eigenvalue weighted by Gasteiger charge is 2.39. The molecule has 0 saturated carbocycles. The van der Waals surface area contributed by atoms with Crippen LogP contribution in [0.3, 0.4) is 0 Å². The average molecular weight is 613 g/mol. The first-order valence-corrected chi connectivity index (χ1v) is 14.3. The quantitative estimate of drug-likeness (QED) is 0.115. The van der Waals surface area contributed by atoms with Gasteiger partial charge in [0.15, 0.2) is 23.3 Å². The predicted molar refractivity (Wildman–Crippen MR) is 147 cm³/mol. The van der Waals surface area contributed by atoms with Gasteiger partial charge in [0.25, 0.3) is 0 Å². The van der Waals surface area contributed by atoms with E-state index in [4.69, 9.17) is 4.74 Å². The summed E-state index contributed by atoms with van der Waals surface area (Å²) in [5, 5.41) is 0. The van der Waals surface area contributed by atoms with Gasteiger partial charge in [-0.15, -0.1) is 0 Å². The normalized spacial score (nSPS) is 18.0. The van der Waals surface area contributed by atoms with Crippen molar-refractivity contribution in [3.05, 3.63) is 106 Å². The fraction of sp³-hybridized carbons (Fsp3) is 0.394. The lowest BCUT2D eigenvalue weighted by Gasteiger charge is -2.30. The second-order valence-corrected chi connectivity index (χ2v) is 10.7. The van der Waals surface area contributed by atoms with Crippen LogP contribution >= 0.6 is 0 Å². The second-order valence-electron chi connectivity index (χ2n) is 10.7. The van der Waals surface area contributed by atoms with Gasteiger partial charge in [0.1, 0.15) is 17.4 Å². The van der Waals surface area contributed by atoms with E-state index in [2.05, 4.69) is 11.7 Å². The van der Waals surface area contributed by atoms with Crippen molar-refractivity contribution in [1.82, 2.24) is 0 Å². The number of benzene rings is 3. The highest BCUT2D eigenvalue weighted by molar-refractivity contribution is 5.61. The van der Waals surface area contributed by atoms with Crippen molar-refractivity contribution in [2.45, 2.75) is 76.4 Å². The van der Waals surface area contributed by atoms with Crippen molar-refractivity contribution in [2.24, 2.45) is 0 Å². The van der Waals surface area contributed by atoms with E-state index < -0.39 is 58.4 Å². The third-order valence-corrected chi connectivity index (χ3v) is 7.53. The van der Waals surface area contributed by atoms with Gasteiger partial charge in [-0.05, 0) is 42.5 Å². The molecule has 0 radical (unpaired) electrons. The van der Waals surface area contributed by atoms with Crippen molar-refractivity contribution in [3.8, 4) is 5.75 Å². The first-order chi connectivity index (χ1) is 20.5. The summed E-state index contributed by atoms with van der Waals surface area (Å²) in [6.07, 6.45) is 0.826. The zero-order chi connectivity index (χ0) is 31.1. The lowest BCUT2D eigenvalue weighted by atomic mass is 9.89. The Kier molecular flexibility index (Phi) is 10.9. The summed E-state index contributed by atoms with van der Waals surface area (Å²) in [5.41, 5.74) is 0.156. The number of ether oxygens (including phenoxy) is 2. The van der Waals surface area contributed by atoms with Crippen molar-refractivity contribution in [2.75, 3.05) is 6.61 Å². The molecule has 4 rings (SSSR count). The fourth-order valence-electron chi connectivity index (χ4n) is 5.09. The topological polar surface area (TPSA) is 18.5 Å². The summed E-state index contributed by atoms with van der Waals surface area (Å²) in [6.45, 7) is 2.32. The van der Waals surface area contributed by atoms with Gasteiger partial charge in [-0.25, -0.2) is 26.3 Å². The Hall–Kier alpha value is -3.40. The summed E-state index contributed by atoms with van der Waals surface area (Å²) in [6, 6.07) is 9.88. The minimum Gasteiger partial charge on any atom is -0.429 e. The van der Waals surface area contributed by atoms with Crippen molar-refractivity contribution >= 4 is 5.83 Å². The summed E-state index contributed by atoms with van der Waals surface area (Å²) < 4.78 is 123. The van der Waals surface area contributed by atoms with Crippen LogP contribution in [0.4, 0.5) is 35.1 Å². The molecule has 10 heteroatoms. The van der Waals surface area contributed by atoms with Gasteiger partial charge in [0.05, 0.1) is 18.3 Å². The van der Waals surface area contributed by atoms with Crippen LogP contribution in [0, 0.1) is 23.3 Å². The molecule has 0 amide bonds. The summed E-state index contributed by atoms with van der Waals surface area (Å²) >= 11 is 0. The van der Waals surface area contributed by atoms with Crippen LogP contribution in [0.2, 0.25) is 0 Å². The van der Waals surface area contributed by atoms with Crippen LogP contribution in [0.15, 0.2) is 60.4 Å². The van der Waals surface area contributed by atoms with E-state index in [1.807, 2.05) is 0 Å². The van der Waals surface area contributed by atoms with E-state index in [-0.39, 0.29) is 36.6 Å². The zero-order valence-electron chi connectivity index (χ0n) is 23.6. The Bertz CT molecular complexity index is 1390. The molecule has 1 aliphatic heterocycles. The molecule has 3 aromatic rings. The molecule has 1 heterocycles. The van der Waals surface area contributed by atoms with Crippen LogP contribution in [0.25, 0.3) is 5.83 Å². The molecule has 1 fully saturated rings. The third kappa shape index (κ3) is 8.16. The first kappa shape index (κ1) is 32.5. The number of hydrogen-bond donors (Lipinski definition) is 0. The molecule has 0 spiro atoms. The van der Waals surface area contributed by atoms with Crippen molar-refractivity contribution in [1.29, 1.82) is 0 Å². The van der Waals surface area contributed by atoms with E-state index in [0.717, 1.165) is 43.4 Å². The Morgan fingerprint density at radius 3 is 2.07 bits per heavy atom. The molecule has 2 unspecified atom stereocenters. The van der Waals surface area contributed by atoms with Gasteiger partial charge < -0.3 is 9.47 Å². The van der Waals surface area contributed by atoms with Crippen LogP contribution in [-0.2, 0) is 10.8 Å². The van der Waals surface area contributed by atoms with E-state index in [0.29, 0.717) is 24.8 Å². The molecule has 2 nitrogen and oxygen atoms in total. The Morgan fingerprint density at radius 1 is 0.814 bits per heavy atom. The smallest absolute Gasteiger partial charge is 0.429 e. The molecule has 0 N–H and O–H groups in total. The molecule has 2 atom stereocenters. The fourth-order valence-corrected chi connectivity index (χ4v) is 5.09. The van der Waals surface area contributed by atoms with E-state index >= 15 is 0 Å². The van der Waals surface area contributed by atoms with Crippen molar-refractivity contribution < 1.29 is 44.6 Å². The molecule has 1 aliphatic rings. The molecule has 3 aromatic carbocycles. The number of rotatable bonds is 12. The number of hydrogen-bond acceptors (Lipinski definition) is 2. The van der Waals surface area contributed by atoms with E-state index in [1.54, 1.807) is 12.1 Å². The average Bonchev–Trinajstić information content (AvgIpc) is 2.99.